The average Bonchev–Trinajstić information content (AvgIpc) is 2.63. The van der Waals surface area contributed by atoms with Gasteiger partial charge in [0.15, 0.2) is 0 Å². The van der Waals surface area contributed by atoms with Gasteiger partial charge >= 0.3 is 5.97 Å². The summed E-state index contributed by atoms with van der Waals surface area (Å²) in [6.07, 6.45) is 4.90. The van der Waals surface area contributed by atoms with E-state index >= 15 is 0 Å². The van der Waals surface area contributed by atoms with Crippen molar-refractivity contribution in [2.24, 2.45) is 0 Å². The van der Waals surface area contributed by atoms with E-state index in [-0.39, 0.29) is 0 Å². The molecule has 3 rings (SSSR count). The van der Waals surface area contributed by atoms with Gasteiger partial charge in [0.05, 0.1) is 11.3 Å². The third kappa shape index (κ3) is 1.11. The lowest BCUT2D eigenvalue weighted by molar-refractivity contribution is 0.0698. The van der Waals surface area contributed by atoms with Gasteiger partial charge in [0, 0.05) is 17.4 Å². The molecule has 80 valence electrons. The number of nitrogens with zero attached hydrogens (tertiary/aromatic N) is 1. The van der Waals surface area contributed by atoms with Crippen molar-refractivity contribution < 1.29 is 9.90 Å². The summed E-state index contributed by atoms with van der Waals surface area (Å²) in [5.41, 5.74) is 2.26. The van der Waals surface area contributed by atoms with E-state index < -0.39 is 5.97 Å². The molecule has 16 heavy (non-hydrogen) atoms. The van der Waals surface area contributed by atoms with Crippen molar-refractivity contribution in [3.05, 3.63) is 41.6 Å². The standard InChI is InChI=1S/C13H11NO2/c15-13(16)12-9-5-1-2-6-10(9)14-8-4-3-7-11(12)14/h1-3,5-7H,4,8H2,(H,15,16). The summed E-state index contributed by atoms with van der Waals surface area (Å²) >= 11 is 0. The summed E-state index contributed by atoms with van der Waals surface area (Å²) in [4.78, 5) is 11.3. The molecule has 1 aromatic heterocycles. The van der Waals surface area contributed by atoms with Gasteiger partial charge in [-0.3, -0.25) is 0 Å². The molecule has 0 radical (unpaired) electrons. The average molecular weight is 213 g/mol. The highest BCUT2D eigenvalue weighted by atomic mass is 16.4. The topological polar surface area (TPSA) is 42.2 Å². The smallest absolute Gasteiger partial charge is 0.338 e. The number of benzene rings is 1. The number of carboxylic acid groups (broad SMARTS) is 1. The van der Waals surface area contributed by atoms with Gasteiger partial charge in [-0.25, -0.2) is 4.79 Å². The quantitative estimate of drug-likeness (QED) is 0.791. The van der Waals surface area contributed by atoms with Crippen LogP contribution in [0.4, 0.5) is 0 Å². The first kappa shape index (κ1) is 9.21. The highest BCUT2D eigenvalue weighted by Gasteiger charge is 2.20. The molecule has 3 nitrogen and oxygen atoms in total. The molecule has 0 atom stereocenters. The number of hydrogen-bond acceptors (Lipinski definition) is 1. The fourth-order valence-electron chi connectivity index (χ4n) is 2.36. The molecule has 1 aromatic carbocycles. The summed E-state index contributed by atoms with van der Waals surface area (Å²) in [6.45, 7) is 0.861. The summed E-state index contributed by atoms with van der Waals surface area (Å²) in [7, 11) is 0. The third-order valence-electron chi connectivity index (χ3n) is 3.02. The largest absolute Gasteiger partial charge is 0.478 e. The van der Waals surface area contributed by atoms with Crippen LogP contribution in [0.25, 0.3) is 17.0 Å². The van der Waals surface area contributed by atoms with Crippen LogP contribution in [0.15, 0.2) is 30.3 Å². The molecule has 1 N–H and O–H groups in total. The van der Waals surface area contributed by atoms with Crippen molar-refractivity contribution in [2.75, 3.05) is 0 Å². The maximum absolute atomic E-state index is 11.3. The predicted molar refractivity (Wildman–Crippen MR) is 62.5 cm³/mol. The van der Waals surface area contributed by atoms with Crippen molar-refractivity contribution in [1.29, 1.82) is 0 Å². The monoisotopic (exact) mass is 213 g/mol. The van der Waals surface area contributed by atoms with Crippen molar-refractivity contribution in [1.82, 2.24) is 4.57 Å². The molecule has 1 aliphatic rings. The summed E-state index contributed by atoms with van der Waals surface area (Å²) in [5, 5.41) is 10.1. The Kier molecular flexibility index (Phi) is 1.86. The second-order valence-corrected chi connectivity index (χ2v) is 3.93. The third-order valence-corrected chi connectivity index (χ3v) is 3.02. The first-order valence-electron chi connectivity index (χ1n) is 5.30. The van der Waals surface area contributed by atoms with E-state index in [0.29, 0.717) is 5.56 Å². The van der Waals surface area contributed by atoms with Crippen LogP contribution < -0.4 is 0 Å². The Morgan fingerprint density at radius 2 is 2.12 bits per heavy atom. The molecule has 2 heterocycles. The van der Waals surface area contributed by atoms with E-state index in [0.717, 1.165) is 29.6 Å². The van der Waals surface area contributed by atoms with Gasteiger partial charge in [-0.2, -0.15) is 0 Å². The van der Waals surface area contributed by atoms with E-state index in [1.807, 2.05) is 36.4 Å². The SMILES string of the molecule is O=C(O)c1c2n(c3ccccc13)CCC=C2. The zero-order valence-electron chi connectivity index (χ0n) is 8.68. The van der Waals surface area contributed by atoms with E-state index in [1.165, 1.54) is 0 Å². The lowest BCUT2D eigenvalue weighted by Gasteiger charge is -2.11. The minimum absolute atomic E-state index is 0.423. The number of aromatic carboxylic acids is 1. The van der Waals surface area contributed by atoms with Crippen LogP contribution >= 0.6 is 0 Å². The number of para-hydroxylation sites is 1. The first-order chi connectivity index (χ1) is 7.79. The van der Waals surface area contributed by atoms with Crippen LogP contribution in [-0.4, -0.2) is 15.6 Å². The Morgan fingerprint density at radius 1 is 1.31 bits per heavy atom. The maximum atomic E-state index is 11.3. The second kappa shape index (κ2) is 3.23. The number of hydrogen-bond donors (Lipinski definition) is 1. The maximum Gasteiger partial charge on any atom is 0.338 e. The van der Waals surface area contributed by atoms with Crippen molar-refractivity contribution >= 4 is 22.9 Å². The molecular formula is C13H11NO2. The number of allylic oxidation sites excluding steroid dienone is 1. The molecule has 0 spiro atoms. The number of carboxylic acids is 1. The molecular weight excluding hydrogens is 202 g/mol. The molecule has 3 heteroatoms. The lowest BCUT2D eigenvalue weighted by atomic mass is 10.1. The Morgan fingerprint density at radius 3 is 2.94 bits per heavy atom. The van der Waals surface area contributed by atoms with Gasteiger partial charge in [0.1, 0.15) is 0 Å². The van der Waals surface area contributed by atoms with Gasteiger partial charge in [-0.05, 0) is 18.6 Å². The molecule has 0 bridgehead atoms. The van der Waals surface area contributed by atoms with E-state index in [2.05, 4.69) is 4.57 Å². The molecule has 2 aromatic rings. The zero-order valence-corrected chi connectivity index (χ0v) is 8.68. The lowest BCUT2D eigenvalue weighted by Crippen LogP contribution is -2.06. The number of fused-ring (bicyclic) bond motifs is 3. The molecule has 0 aliphatic carbocycles. The molecule has 1 aliphatic heterocycles. The van der Waals surface area contributed by atoms with Crippen LogP contribution in [0, 0.1) is 0 Å². The molecule has 0 amide bonds. The van der Waals surface area contributed by atoms with Crippen LogP contribution in [0.3, 0.4) is 0 Å². The Labute approximate surface area is 92.6 Å². The molecule has 0 saturated carbocycles. The van der Waals surface area contributed by atoms with Crippen LogP contribution in [0.5, 0.6) is 0 Å². The van der Waals surface area contributed by atoms with Gasteiger partial charge in [-0.15, -0.1) is 0 Å². The zero-order chi connectivity index (χ0) is 11.1. The summed E-state index contributed by atoms with van der Waals surface area (Å²) in [6, 6.07) is 7.67. The summed E-state index contributed by atoms with van der Waals surface area (Å²) < 4.78 is 2.08. The molecule has 0 unspecified atom stereocenters. The predicted octanol–water partition coefficient (Wildman–Crippen LogP) is 2.76. The Balaban J connectivity index is 2.47. The van der Waals surface area contributed by atoms with Crippen LogP contribution in [-0.2, 0) is 6.54 Å². The van der Waals surface area contributed by atoms with Crippen molar-refractivity contribution in [2.45, 2.75) is 13.0 Å². The minimum atomic E-state index is -0.850. The summed E-state index contributed by atoms with van der Waals surface area (Å²) in [5.74, 6) is -0.850. The normalized spacial score (nSPS) is 14.0. The van der Waals surface area contributed by atoms with Crippen molar-refractivity contribution in [3.63, 3.8) is 0 Å². The van der Waals surface area contributed by atoms with Crippen LogP contribution in [0.2, 0.25) is 0 Å². The highest BCUT2D eigenvalue weighted by Crippen LogP contribution is 2.29. The highest BCUT2D eigenvalue weighted by molar-refractivity contribution is 6.07. The minimum Gasteiger partial charge on any atom is -0.478 e. The van der Waals surface area contributed by atoms with E-state index in [1.54, 1.807) is 0 Å². The molecule has 0 saturated heterocycles. The first-order valence-corrected chi connectivity index (χ1v) is 5.30. The fraction of sp³-hybridized carbons (Fsp3) is 0.154. The second-order valence-electron chi connectivity index (χ2n) is 3.93. The number of aromatic nitrogens is 1. The number of carbonyl (C=O) groups is 1. The number of aryl methyl sites for hydroxylation is 1. The van der Waals surface area contributed by atoms with Gasteiger partial charge < -0.3 is 9.67 Å². The number of rotatable bonds is 1. The van der Waals surface area contributed by atoms with E-state index in [9.17, 15) is 9.90 Å². The Hall–Kier alpha value is -2.03. The van der Waals surface area contributed by atoms with Gasteiger partial charge in [0.2, 0.25) is 0 Å². The van der Waals surface area contributed by atoms with Crippen molar-refractivity contribution in [3.8, 4) is 0 Å². The van der Waals surface area contributed by atoms with Gasteiger partial charge in [-0.1, -0.05) is 24.3 Å². The fourth-order valence-corrected chi connectivity index (χ4v) is 2.36. The van der Waals surface area contributed by atoms with Crippen LogP contribution in [0.1, 0.15) is 22.5 Å². The Bertz CT molecular complexity index is 608. The molecule has 0 fully saturated rings. The van der Waals surface area contributed by atoms with Gasteiger partial charge in [0.25, 0.3) is 0 Å². The van der Waals surface area contributed by atoms with E-state index in [4.69, 9.17) is 0 Å².